The molecule has 1 aromatic rings. The fourth-order valence-electron chi connectivity index (χ4n) is 4.17. The molecule has 1 aromatic carbocycles. The van der Waals surface area contributed by atoms with Gasteiger partial charge in [0, 0.05) is 23.5 Å². The summed E-state index contributed by atoms with van der Waals surface area (Å²) in [5.74, 6) is 0.494. The van der Waals surface area contributed by atoms with Gasteiger partial charge < -0.3 is 5.32 Å². The lowest BCUT2D eigenvalue weighted by Crippen LogP contribution is -2.43. The Kier molecular flexibility index (Phi) is 7.18. The number of nitrogens with one attached hydrogen (secondary N) is 1. The van der Waals surface area contributed by atoms with Crippen LogP contribution in [0, 0.1) is 5.92 Å². The summed E-state index contributed by atoms with van der Waals surface area (Å²) in [5.41, 5.74) is 1.25. The van der Waals surface area contributed by atoms with Crippen LogP contribution in [0.1, 0.15) is 63.4 Å². The van der Waals surface area contributed by atoms with Crippen LogP contribution < -0.4 is 5.32 Å². The predicted molar refractivity (Wildman–Crippen MR) is 104 cm³/mol. The van der Waals surface area contributed by atoms with Crippen molar-refractivity contribution in [2.24, 2.45) is 5.92 Å². The third-order valence-corrected chi connectivity index (χ3v) is 5.94. The molecule has 0 radical (unpaired) electrons. The van der Waals surface area contributed by atoms with Crippen LogP contribution in [0.25, 0.3) is 0 Å². The fraction of sp³-hybridized carbons (Fsp3) is 0.667. The molecule has 4 heteroatoms. The molecule has 3 nitrogen and oxygen atoms in total. The quantitative estimate of drug-likeness (QED) is 0.835. The highest BCUT2D eigenvalue weighted by molar-refractivity contribution is 6.30. The number of likely N-dealkylation sites (tertiary alicyclic amines) is 1. The van der Waals surface area contributed by atoms with Crippen LogP contribution in [-0.2, 0) is 11.3 Å². The first kappa shape index (κ1) is 18.7. The Morgan fingerprint density at radius 1 is 1.04 bits per heavy atom. The molecule has 1 amide bonds. The predicted octanol–water partition coefficient (Wildman–Crippen LogP) is 4.78. The van der Waals surface area contributed by atoms with Gasteiger partial charge in [0.2, 0.25) is 5.91 Å². The van der Waals surface area contributed by atoms with Crippen LogP contribution in [0.3, 0.4) is 0 Å². The van der Waals surface area contributed by atoms with E-state index in [0.717, 1.165) is 37.5 Å². The van der Waals surface area contributed by atoms with E-state index in [9.17, 15) is 4.79 Å². The van der Waals surface area contributed by atoms with Gasteiger partial charge in [-0.15, -0.1) is 0 Å². The molecule has 1 heterocycles. The third-order valence-electron chi connectivity index (χ3n) is 5.71. The summed E-state index contributed by atoms with van der Waals surface area (Å²) in [6.45, 7) is 2.92. The maximum absolute atomic E-state index is 12.6. The highest BCUT2D eigenvalue weighted by atomic mass is 35.5. The van der Waals surface area contributed by atoms with Crippen molar-refractivity contribution < 1.29 is 4.79 Å². The lowest BCUT2D eigenvalue weighted by atomic mass is 9.93. The number of hydrogen-bond donors (Lipinski definition) is 1. The monoisotopic (exact) mass is 362 g/mol. The minimum atomic E-state index is 0.195. The zero-order chi connectivity index (χ0) is 17.5. The van der Waals surface area contributed by atoms with Crippen molar-refractivity contribution in [3.8, 4) is 0 Å². The van der Waals surface area contributed by atoms with Crippen molar-refractivity contribution in [2.45, 2.75) is 70.4 Å². The first-order chi connectivity index (χ1) is 12.2. The van der Waals surface area contributed by atoms with Crippen molar-refractivity contribution in [1.82, 2.24) is 10.2 Å². The van der Waals surface area contributed by atoms with E-state index in [-0.39, 0.29) is 5.92 Å². The van der Waals surface area contributed by atoms with Crippen molar-refractivity contribution in [2.75, 3.05) is 13.1 Å². The Morgan fingerprint density at radius 3 is 2.40 bits per heavy atom. The lowest BCUT2D eigenvalue weighted by Gasteiger charge is -2.32. The van der Waals surface area contributed by atoms with E-state index in [1.165, 1.54) is 50.5 Å². The summed E-state index contributed by atoms with van der Waals surface area (Å²) in [4.78, 5) is 15.1. The molecule has 3 rings (SSSR count). The molecule has 2 fully saturated rings. The van der Waals surface area contributed by atoms with Gasteiger partial charge >= 0.3 is 0 Å². The molecule has 0 atom stereocenters. The number of carbonyl (C=O) groups excluding carboxylic acids is 1. The summed E-state index contributed by atoms with van der Waals surface area (Å²) >= 11 is 6.07. The SMILES string of the molecule is O=C(NC1CCCCCCC1)C1CCN(Cc2cccc(Cl)c2)CC1. The molecule has 0 bridgehead atoms. The molecule has 0 unspecified atom stereocenters. The number of halogens is 1. The van der Waals surface area contributed by atoms with Crippen molar-refractivity contribution >= 4 is 17.5 Å². The van der Waals surface area contributed by atoms with Crippen LogP contribution in [0.2, 0.25) is 5.02 Å². The van der Waals surface area contributed by atoms with E-state index in [4.69, 9.17) is 11.6 Å². The number of hydrogen-bond acceptors (Lipinski definition) is 2. The summed E-state index contributed by atoms with van der Waals surface area (Å²) in [7, 11) is 0. The van der Waals surface area contributed by atoms with Gasteiger partial charge in [0.15, 0.2) is 0 Å². The Labute approximate surface area is 157 Å². The third kappa shape index (κ3) is 6.00. The number of piperidine rings is 1. The second kappa shape index (κ2) is 9.59. The van der Waals surface area contributed by atoms with Gasteiger partial charge in [-0.1, -0.05) is 55.8 Å². The Bertz CT molecular complexity index is 547. The van der Waals surface area contributed by atoms with Crippen molar-refractivity contribution in [3.63, 3.8) is 0 Å². The second-order valence-corrected chi connectivity index (χ2v) is 8.17. The summed E-state index contributed by atoms with van der Waals surface area (Å²) in [6.07, 6.45) is 10.8. The largest absolute Gasteiger partial charge is 0.353 e. The van der Waals surface area contributed by atoms with Gasteiger partial charge in [-0.2, -0.15) is 0 Å². The van der Waals surface area contributed by atoms with Gasteiger partial charge in [-0.3, -0.25) is 9.69 Å². The average Bonchev–Trinajstić information content (AvgIpc) is 2.58. The van der Waals surface area contributed by atoms with E-state index in [1.807, 2.05) is 18.2 Å². The van der Waals surface area contributed by atoms with E-state index in [2.05, 4.69) is 16.3 Å². The maximum Gasteiger partial charge on any atom is 0.223 e. The molecule has 1 saturated heterocycles. The van der Waals surface area contributed by atoms with Gasteiger partial charge in [0.25, 0.3) is 0 Å². The zero-order valence-corrected chi connectivity index (χ0v) is 15.9. The number of amides is 1. The van der Waals surface area contributed by atoms with Gasteiger partial charge in [0.05, 0.1) is 0 Å². The first-order valence-electron chi connectivity index (χ1n) is 9.98. The number of carbonyl (C=O) groups is 1. The van der Waals surface area contributed by atoms with Crippen LogP contribution in [0.5, 0.6) is 0 Å². The smallest absolute Gasteiger partial charge is 0.223 e. The van der Waals surface area contributed by atoms with Crippen LogP contribution in [0.15, 0.2) is 24.3 Å². The Balaban J connectivity index is 1.42. The van der Waals surface area contributed by atoms with Crippen LogP contribution in [0.4, 0.5) is 0 Å². The van der Waals surface area contributed by atoms with Crippen LogP contribution in [-0.4, -0.2) is 29.9 Å². The molecule has 0 aromatic heterocycles. The molecule has 0 spiro atoms. The minimum Gasteiger partial charge on any atom is -0.353 e. The van der Waals surface area contributed by atoms with E-state index < -0.39 is 0 Å². The molecular weight excluding hydrogens is 332 g/mol. The lowest BCUT2D eigenvalue weighted by molar-refractivity contribution is -0.127. The second-order valence-electron chi connectivity index (χ2n) is 7.73. The van der Waals surface area contributed by atoms with E-state index >= 15 is 0 Å². The number of rotatable bonds is 4. The Hall–Kier alpha value is -1.06. The zero-order valence-electron chi connectivity index (χ0n) is 15.2. The van der Waals surface area contributed by atoms with Gasteiger partial charge in [-0.25, -0.2) is 0 Å². The highest BCUT2D eigenvalue weighted by Gasteiger charge is 2.26. The summed E-state index contributed by atoms with van der Waals surface area (Å²) in [5, 5.41) is 4.15. The standard InChI is InChI=1S/C21H31ClN2O/c22-19-8-6-7-17(15-19)16-24-13-11-18(12-14-24)21(25)23-20-9-4-2-1-3-5-10-20/h6-8,15,18,20H,1-5,9-14,16H2,(H,23,25). The molecule has 1 N–H and O–H groups in total. The maximum atomic E-state index is 12.6. The molecule has 25 heavy (non-hydrogen) atoms. The molecule has 2 aliphatic rings. The average molecular weight is 363 g/mol. The minimum absolute atomic E-state index is 0.195. The molecule has 138 valence electrons. The summed E-state index contributed by atoms with van der Waals surface area (Å²) < 4.78 is 0. The number of nitrogens with zero attached hydrogens (tertiary/aromatic N) is 1. The molecule has 1 aliphatic carbocycles. The van der Waals surface area contributed by atoms with E-state index in [0.29, 0.717) is 11.9 Å². The Morgan fingerprint density at radius 2 is 1.72 bits per heavy atom. The summed E-state index contributed by atoms with van der Waals surface area (Å²) in [6, 6.07) is 8.50. The molecule has 1 aliphatic heterocycles. The van der Waals surface area contributed by atoms with Gasteiger partial charge in [-0.05, 0) is 56.5 Å². The van der Waals surface area contributed by atoms with E-state index in [1.54, 1.807) is 0 Å². The first-order valence-corrected chi connectivity index (χ1v) is 10.4. The topological polar surface area (TPSA) is 32.3 Å². The number of benzene rings is 1. The fourth-order valence-corrected chi connectivity index (χ4v) is 4.38. The van der Waals surface area contributed by atoms with Crippen molar-refractivity contribution in [1.29, 1.82) is 0 Å². The van der Waals surface area contributed by atoms with Gasteiger partial charge in [0.1, 0.15) is 0 Å². The normalized spacial score (nSPS) is 21.5. The van der Waals surface area contributed by atoms with Crippen LogP contribution >= 0.6 is 11.6 Å². The highest BCUT2D eigenvalue weighted by Crippen LogP contribution is 2.22. The van der Waals surface area contributed by atoms with Crippen molar-refractivity contribution in [3.05, 3.63) is 34.9 Å². The molecular formula is C21H31ClN2O. The molecule has 1 saturated carbocycles.